The molecule has 0 saturated carbocycles. The summed E-state index contributed by atoms with van der Waals surface area (Å²) < 4.78 is 13.4. The molecule has 0 unspecified atom stereocenters. The third kappa shape index (κ3) is 3.02. The molecule has 4 heteroatoms. The molecule has 1 aromatic heterocycles. The quantitative estimate of drug-likeness (QED) is 0.861. The first-order valence-electron chi connectivity index (χ1n) is 6.16. The minimum Gasteiger partial charge on any atom is -0.397 e. The molecular formula is C15H18FN3. The van der Waals surface area contributed by atoms with Crippen LogP contribution in [0.5, 0.6) is 0 Å². The maximum Gasteiger partial charge on any atom is 0.128 e. The van der Waals surface area contributed by atoms with E-state index >= 15 is 0 Å². The van der Waals surface area contributed by atoms with Crippen molar-refractivity contribution in [2.75, 3.05) is 17.7 Å². The van der Waals surface area contributed by atoms with E-state index in [0.29, 0.717) is 17.8 Å². The molecule has 0 saturated heterocycles. The topological polar surface area (TPSA) is 42.1 Å². The Morgan fingerprint density at radius 1 is 1.26 bits per heavy atom. The molecule has 2 rings (SSSR count). The van der Waals surface area contributed by atoms with Crippen LogP contribution in [0.2, 0.25) is 0 Å². The lowest BCUT2D eigenvalue weighted by molar-refractivity contribution is 0.619. The predicted molar refractivity (Wildman–Crippen MR) is 76.6 cm³/mol. The minimum atomic E-state index is -0.275. The first-order chi connectivity index (χ1) is 8.97. The van der Waals surface area contributed by atoms with Gasteiger partial charge in [0, 0.05) is 12.7 Å². The van der Waals surface area contributed by atoms with E-state index in [1.165, 1.54) is 6.07 Å². The first-order valence-corrected chi connectivity index (χ1v) is 6.16. The molecule has 0 amide bonds. The van der Waals surface area contributed by atoms with Crippen LogP contribution in [0.15, 0.2) is 30.3 Å². The highest BCUT2D eigenvalue weighted by molar-refractivity contribution is 5.68. The number of aryl methyl sites for hydroxylation is 2. The van der Waals surface area contributed by atoms with Gasteiger partial charge in [0.1, 0.15) is 5.82 Å². The molecule has 0 radical (unpaired) electrons. The van der Waals surface area contributed by atoms with Gasteiger partial charge in [-0.1, -0.05) is 6.07 Å². The van der Waals surface area contributed by atoms with Gasteiger partial charge in [0.05, 0.1) is 23.6 Å². The smallest absolute Gasteiger partial charge is 0.128 e. The summed E-state index contributed by atoms with van der Waals surface area (Å²) in [7, 11) is 1.92. The first kappa shape index (κ1) is 13.3. The van der Waals surface area contributed by atoms with Crippen LogP contribution < -0.4 is 10.6 Å². The molecule has 3 nitrogen and oxygen atoms in total. The highest BCUT2D eigenvalue weighted by atomic mass is 19.1. The van der Waals surface area contributed by atoms with Crippen LogP contribution in [-0.2, 0) is 6.54 Å². The SMILES string of the molecule is Cc1cccc(CN(C)c2cc(C)c(F)cc2N)n1. The van der Waals surface area contributed by atoms with E-state index in [0.717, 1.165) is 17.1 Å². The number of anilines is 2. The average molecular weight is 259 g/mol. The predicted octanol–water partition coefficient (Wildman–Crippen LogP) is 3.06. The van der Waals surface area contributed by atoms with E-state index in [4.69, 9.17) is 5.73 Å². The zero-order chi connectivity index (χ0) is 14.0. The van der Waals surface area contributed by atoms with Crippen molar-refractivity contribution in [2.24, 2.45) is 0 Å². The van der Waals surface area contributed by atoms with Gasteiger partial charge in [-0.15, -0.1) is 0 Å². The summed E-state index contributed by atoms with van der Waals surface area (Å²) in [6, 6.07) is 9.03. The van der Waals surface area contributed by atoms with Crippen molar-refractivity contribution in [3.8, 4) is 0 Å². The lowest BCUT2D eigenvalue weighted by Crippen LogP contribution is -2.19. The number of nitrogen functional groups attached to an aromatic ring is 1. The monoisotopic (exact) mass is 259 g/mol. The van der Waals surface area contributed by atoms with Crippen molar-refractivity contribution in [1.29, 1.82) is 0 Å². The van der Waals surface area contributed by atoms with Crippen molar-refractivity contribution in [2.45, 2.75) is 20.4 Å². The number of hydrogen-bond acceptors (Lipinski definition) is 3. The van der Waals surface area contributed by atoms with E-state index < -0.39 is 0 Å². The Bertz CT molecular complexity index is 596. The molecule has 1 aromatic carbocycles. The van der Waals surface area contributed by atoms with Gasteiger partial charge in [0.15, 0.2) is 0 Å². The van der Waals surface area contributed by atoms with E-state index in [2.05, 4.69) is 4.98 Å². The van der Waals surface area contributed by atoms with E-state index in [1.807, 2.05) is 37.1 Å². The molecule has 0 atom stereocenters. The molecular weight excluding hydrogens is 241 g/mol. The Morgan fingerprint density at radius 2 is 2.00 bits per heavy atom. The lowest BCUT2D eigenvalue weighted by atomic mass is 10.1. The van der Waals surface area contributed by atoms with Gasteiger partial charge < -0.3 is 10.6 Å². The van der Waals surface area contributed by atoms with E-state index in [-0.39, 0.29) is 5.82 Å². The molecule has 0 spiro atoms. The number of hydrogen-bond donors (Lipinski definition) is 1. The second-order valence-electron chi connectivity index (χ2n) is 4.79. The van der Waals surface area contributed by atoms with Crippen LogP contribution in [0.3, 0.4) is 0 Å². The average Bonchev–Trinajstić information content (AvgIpc) is 2.33. The summed E-state index contributed by atoms with van der Waals surface area (Å²) >= 11 is 0. The molecule has 0 bridgehead atoms. The van der Waals surface area contributed by atoms with Gasteiger partial charge in [-0.3, -0.25) is 4.98 Å². The van der Waals surface area contributed by atoms with Crippen LogP contribution in [0.25, 0.3) is 0 Å². The molecule has 2 aromatic rings. The number of nitrogens with two attached hydrogens (primary N) is 1. The Morgan fingerprint density at radius 3 is 2.68 bits per heavy atom. The van der Waals surface area contributed by atoms with E-state index in [9.17, 15) is 4.39 Å². The third-order valence-corrected chi connectivity index (χ3v) is 3.06. The van der Waals surface area contributed by atoms with Crippen molar-refractivity contribution in [1.82, 2.24) is 4.98 Å². The molecule has 0 aliphatic rings. The van der Waals surface area contributed by atoms with Gasteiger partial charge >= 0.3 is 0 Å². The Labute approximate surface area is 112 Å². The second kappa shape index (κ2) is 5.26. The fourth-order valence-corrected chi connectivity index (χ4v) is 2.03. The lowest BCUT2D eigenvalue weighted by Gasteiger charge is -2.21. The Balaban J connectivity index is 2.25. The number of halogens is 1. The molecule has 1 heterocycles. The number of aromatic nitrogens is 1. The Hall–Kier alpha value is -2.10. The van der Waals surface area contributed by atoms with Crippen LogP contribution in [0.1, 0.15) is 17.0 Å². The van der Waals surface area contributed by atoms with Gasteiger partial charge in [0.25, 0.3) is 0 Å². The maximum absolute atomic E-state index is 13.4. The number of rotatable bonds is 3. The zero-order valence-electron chi connectivity index (χ0n) is 11.4. The van der Waals surface area contributed by atoms with Gasteiger partial charge in [-0.25, -0.2) is 4.39 Å². The Kier molecular flexibility index (Phi) is 3.69. The van der Waals surface area contributed by atoms with Gasteiger partial charge in [-0.2, -0.15) is 0 Å². The summed E-state index contributed by atoms with van der Waals surface area (Å²) in [6.45, 7) is 4.33. The highest BCUT2D eigenvalue weighted by Crippen LogP contribution is 2.26. The molecule has 0 aliphatic carbocycles. The molecule has 0 fully saturated rings. The van der Waals surface area contributed by atoms with Crippen LogP contribution >= 0.6 is 0 Å². The largest absolute Gasteiger partial charge is 0.397 e. The van der Waals surface area contributed by atoms with Gasteiger partial charge in [-0.05, 0) is 43.7 Å². The van der Waals surface area contributed by atoms with Crippen LogP contribution in [-0.4, -0.2) is 12.0 Å². The maximum atomic E-state index is 13.4. The van der Waals surface area contributed by atoms with Crippen LogP contribution in [0, 0.1) is 19.7 Å². The fraction of sp³-hybridized carbons (Fsp3) is 0.267. The molecule has 100 valence electrons. The minimum absolute atomic E-state index is 0.275. The summed E-state index contributed by atoms with van der Waals surface area (Å²) in [5.41, 5.74) is 9.67. The molecule has 0 aliphatic heterocycles. The van der Waals surface area contributed by atoms with Crippen LogP contribution in [0.4, 0.5) is 15.8 Å². The second-order valence-corrected chi connectivity index (χ2v) is 4.79. The zero-order valence-corrected chi connectivity index (χ0v) is 11.4. The third-order valence-electron chi connectivity index (χ3n) is 3.06. The van der Waals surface area contributed by atoms with E-state index in [1.54, 1.807) is 13.0 Å². The summed E-state index contributed by atoms with van der Waals surface area (Å²) in [6.07, 6.45) is 0. The van der Waals surface area contributed by atoms with Gasteiger partial charge in [0.2, 0.25) is 0 Å². The number of nitrogens with zero attached hydrogens (tertiary/aromatic N) is 2. The normalized spacial score (nSPS) is 10.5. The highest BCUT2D eigenvalue weighted by Gasteiger charge is 2.10. The summed E-state index contributed by atoms with van der Waals surface area (Å²) in [4.78, 5) is 6.43. The summed E-state index contributed by atoms with van der Waals surface area (Å²) in [5.74, 6) is -0.275. The van der Waals surface area contributed by atoms with Crippen molar-refractivity contribution in [3.05, 3.63) is 53.1 Å². The van der Waals surface area contributed by atoms with Crippen molar-refractivity contribution in [3.63, 3.8) is 0 Å². The summed E-state index contributed by atoms with van der Waals surface area (Å²) in [5, 5.41) is 0. The van der Waals surface area contributed by atoms with Crippen molar-refractivity contribution < 1.29 is 4.39 Å². The number of benzene rings is 1. The molecule has 2 N–H and O–H groups in total. The fourth-order valence-electron chi connectivity index (χ4n) is 2.03. The standard InChI is InChI=1S/C15H18FN3/c1-10-7-15(14(17)8-13(10)16)19(3)9-12-6-4-5-11(2)18-12/h4-8H,9,17H2,1-3H3. The number of pyridine rings is 1. The van der Waals surface area contributed by atoms with Crippen molar-refractivity contribution >= 4 is 11.4 Å². The molecule has 19 heavy (non-hydrogen) atoms.